The fourth-order valence-corrected chi connectivity index (χ4v) is 5.48. The summed E-state index contributed by atoms with van der Waals surface area (Å²) in [4.78, 5) is 20.3. The van der Waals surface area contributed by atoms with Gasteiger partial charge in [0, 0.05) is 18.8 Å². The standard InChI is InChI=1S/C16H22N4O2/c21-13(19-20-14-17-2-1-3-18-14)9-15-5-11-4-12(6-15)8-16(22,7-11)10-15/h1-3,11-12,22H,4-10H2,(H,19,21)(H,17,18,20)/t11-,12-,15?,16?/m1/s1. The van der Waals surface area contributed by atoms with Crippen molar-refractivity contribution in [2.24, 2.45) is 17.3 Å². The predicted octanol–water partition coefficient (Wildman–Crippen LogP) is 1.64. The van der Waals surface area contributed by atoms with Gasteiger partial charge in [0.15, 0.2) is 0 Å². The molecule has 0 spiro atoms. The predicted molar refractivity (Wildman–Crippen MR) is 80.5 cm³/mol. The van der Waals surface area contributed by atoms with Crippen LogP contribution in [-0.4, -0.2) is 26.6 Å². The van der Waals surface area contributed by atoms with Crippen LogP contribution in [0.4, 0.5) is 5.95 Å². The van der Waals surface area contributed by atoms with Gasteiger partial charge in [0.2, 0.25) is 11.9 Å². The Bertz CT molecular complexity index is 563. The molecule has 4 fully saturated rings. The highest BCUT2D eigenvalue weighted by Crippen LogP contribution is 2.62. The monoisotopic (exact) mass is 302 g/mol. The Morgan fingerprint density at radius 3 is 2.55 bits per heavy atom. The summed E-state index contributed by atoms with van der Waals surface area (Å²) in [5.74, 6) is 1.55. The van der Waals surface area contributed by atoms with E-state index < -0.39 is 5.60 Å². The van der Waals surface area contributed by atoms with E-state index in [9.17, 15) is 9.90 Å². The van der Waals surface area contributed by atoms with E-state index in [4.69, 9.17) is 0 Å². The molecule has 4 saturated carbocycles. The van der Waals surface area contributed by atoms with Gasteiger partial charge in [0.1, 0.15) is 0 Å². The number of hydrazine groups is 1. The maximum atomic E-state index is 12.3. The Kier molecular flexibility index (Phi) is 3.11. The van der Waals surface area contributed by atoms with Crippen LogP contribution in [0, 0.1) is 17.3 Å². The fourth-order valence-electron chi connectivity index (χ4n) is 5.48. The Hall–Kier alpha value is -1.69. The number of nitrogens with zero attached hydrogens (tertiary/aromatic N) is 2. The third kappa shape index (κ3) is 2.56. The first kappa shape index (κ1) is 13.9. The van der Waals surface area contributed by atoms with Crippen molar-refractivity contribution in [2.75, 3.05) is 5.43 Å². The first-order chi connectivity index (χ1) is 10.5. The highest BCUT2D eigenvalue weighted by molar-refractivity contribution is 5.77. The summed E-state index contributed by atoms with van der Waals surface area (Å²) in [5.41, 5.74) is 4.92. The van der Waals surface area contributed by atoms with E-state index in [1.54, 1.807) is 18.5 Å². The molecule has 1 aromatic heterocycles. The Morgan fingerprint density at radius 1 is 1.23 bits per heavy atom. The second kappa shape index (κ2) is 4.91. The van der Waals surface area contributed by atoms with Crippen LogP contribution in [0.15, 0.2) is 18.5 Å². The molecule has 0 saturated heterocycles. The maximum absolute atomic E-state index is 12.3. The number of rotatable bonds is 4. The summed E-state index contributed by atoms with van der Waals surface area (Å²) in [6.07, 6.45) is 9.77. The van der Waals surface area contributed by atoms with Crippen molar-refractivity contribution in [1.82, 2.24) is 15.4 Å². The number of carbonyl (C=O) groups excluding carboxylic acids is 1. The molecule has 0 aliphatic heterocycles. The lowest BCUT2D eigenvalue weighted by Crippen LogP contribution is -2.56. The molecule has 118 valence electrons. The molecule has 0 aromatic carbocycles. The van der Waals surface area contributed by atoms with Crippen LogP contribution >= 0.6 is 0 Å². The van der Waals surface area contributed by atoms with Crippen molar-refractivity contribution in [3.8, 4) is 0 Å². The lowest BCUT2D eigenvalue weighted by Gasteiger charge is -2.60. The minimum atomic E-state index is -0.514. The zero-order valence-electron chi connectivity index (χ0n) is 12.6. The summed E-state index contributed by atoms with van der Waals surface area (Å²) in [7, 11) is 0. The van der Waals surface area contributed by atoms with Crippen LogP contribution in [0.5, 0.6) is 0 Å². The highest BCUT2D eigenvalue weighted by atomic mass is 16.3. The van der Waals surface area contributed by atoms with E-state index in [1.165, 1.54) is 6.42 Å². The molecular formula is C16H22N4O2. The molecule has 4 aliphatic carbocycles. The van der Waals surface area contributed by atoms with Crippen LogP contribution in [0.3, 0.4) is 0 Å². The van der Waals surface area contributed by atoms with Crippen LogP contribution in [-0.2, 0) is 4.79 Å². The van der Waals surface area contributed by atoms with Crippen molar-refractivity contribution in [3.63, 3.8) is 0 Å². The van der Waals surface area contributed by atoms with E-state index in [2.05, 4.69) is 20.8 Å². The SMILES string of the molecule is O=C(CC12C[C@H]3C[C@@H](CC(O)(C3)C1)C2)NNc1ncccn1. The summed E-state index contributed by atoms with van der Waals surface area (Å²) in [5, 5.41) is 10.7. The largest absolute Gasteiger partial charge is 0.390 e. The number of amides is 1. The summed E-state index contributed by atoms with van der Waals surface area (Å²) >= 11 is 0. The number of anilines is 1. The van der Waals surface area contributed by atoms with Gasteiger partial charge >= 0.3 is 0 Å². The Labute approximate surface area is 129 Å². The Balaban J connectivity index is 1.39. The number of hydrogen-bond donors (Lipinski definition) is 3. The van der Waals surface area contributed by atoms with Crippen molar-refractivity contribution in [2.45, 2.75) is 50.5 Å². The maximum Gasteiger partial charge on any atom is 0.241 e. The molecule has 3 N–H and O–H groups in total. The molecule has 1 amide bonds. The highest BCUT2D eigenvalue weighted by Gasteiger charge is 2.57. The number of nitrogens with one attached hydrogen (secondary N) is 2. The third-order valence-electron chi connectivity index (χ3n) is 5.57. The van der Waals surface area contributed by atoms with Crippen molar-refractivity contribution < 1.29 is 9.90 Å². The van der Waals surface area contributed by atoms with Gasteiger partial charge in [0.05, 0.1) is 5.60 Å². The number of carbonyl (C=O) groups is 1. The van der Waals surface area contributed by atoms with Gasteiger partial charge in [-0.3, -0.25) is 15.6 Å². The quantitative estimate of drug-likeness (QED) is 0.736. The van der Waals surface area contributed by atoms with E-state index in [-0.39, 0.29) is 11.3 Å². The zero-order valence-corrected chi connectivity index (χ0v) is 12.6. The van der Waals surface area contributed by atoms with Gasteiger partial charge in [-0.25, -0.2) is 9.97 Å². The summed E-state index contributed by atoms with van der Waals surface area (Å²) in [6.45, 7) is 0. The van der Waals surface area contributed by atoms with Crippen LogP contribution in [0.2, 0.25) is 0 Å². The van der Waals surface area contributed by atoms with Crippen molar-refractivity contribution in [3.05, 3.63) is 18.5 Å². The molecule has 22 heavy (non-hydrogen) atoms. The van der Waals surface area contributed by atoms with Crippen LogP contribution < -0.4 is 10.9 Å². The smallest absolute Gasteiger partial charge is 0.241 e. The molecule has 1 aromatic rings. The lowest BCUT2D eigenvalue weighted by molar-refractivity contribution is -0.169. The summed E-state index contributed by atoms with van der Waals surface area (Å²) < 4.78 is 0. The Morgan fingerprint density at radius 2 is 1.91 bits per heavy atom. The van der Waals surface area contributed by atoms with Crippen molar-refractivity contribution in [1.29, 1.82) is 0 Å². The molecule has 6 heteroatoms. The van der Waals surface area contributed by atoms with Gasteiger partial charge in [0.25, 0.3) is 0 Å². The number of aliphatic hydroxyl groups is 1. The molecule has 4 aliphatic rings. The molecular weight excluding hydrogens is 280 g/mol. The third-order valence-corrected chi connectivity index (χ3v) is 5.57. The van der Waals surface area contributed by atoms with E-state index in [1.807, 2.05) is 0 Å². The van der Waals surface area contributed by atoms with Crippen molar-refractivity contribution >= 4 is 11.9 Å². The molecule has 1 heterocycles. The topological polar surface area (TPSA) is 87.1 Å². The molecule has 4 bridgehead atoms. The first-order valence-electron chi connectivity index (χ1n) is 8.09. The first-order valence-corrected chi connectivity index (χ1v) is 8.09. The second-order valence-electron chi connectivity index (χ2n) is 7.61. The zero-order chi connectivity index (χ0) is 15.2. The van der Waals surface area contributed by atoms with E-state index in [0.717, 1.165) is 32.1 Å². The van der Waals surface area contributed by atoms with Gasteiger partial charge in [-0.2, -0.15) is 0 Å². The van der Waals surface area contributed by atoms with E-state index in [0.29, 0.717) is 24.2 Å². The van der Waals surface area contributed by atoms with Gasteiger partial charge in [-0.15, -0.1) is 0 Å². The molecule has 0 radical (unpaired) electrons. The minimum absolute atomic E-state index is 0.0118. The normalized spacial score (nSPS) is 38.8. The minimum Gasteiger partial charge on any atom is -0.390 e. The van der Waals surface area contributed by atoms with Crippen LogP contribution in [0.1, 0.15) is 44.9 Å². The molecule has 2 atom stereocenters. The van der Waals surface area contributed by atoms with E-state index >= 15 is 0 Å². The summed E-state index contributed by atoms with van der Waals surface area (Å²) in [6, 6.07) is 1.73. The number of hydrogen-bond acceptors (Lipinski definition) is 5. The average Bonchev–Trinajstić information content (AvgIpc) is 2.43. The molecule has 5 rings (SSSR count). The van der Waals surface area contributed by atoms with Gasteiger partial charge in [-0.1, -0.05) is 0 Å². The van der Waals surface area contributed by atoms with Crippen LogP contribution in [0.25, 0.3) is 0 Å². The number of aromatic nitrogens is 2. The fraction of sp³-hybridized carbons (Fsp3) is 0.688. The average molecular weight is 302 g/mol. The molecule has 6 nitrogen and oxygen atoms in total. The molecule has 0 unspecified atom stereocenters. The second-order valence-corrected chi connectivity index (χ2v) is 7.61. The van der Waals surface area contributed by atoms with Gasteiger partial charge in [-0.05, 0) is 61.8 Å². The lowest BCUT2D eigenvalue weighted by atomic mass is 9.47. The van der Waals surface area contributed by atoms with Gasteiger partial charge < -0.3 is 5.11 Å².